The van der Waals surface area contributed by atoms with Crippen LogP contribution in [0.25, 0.3) is 27.7 Å². The third kappa shape index (κ3) is 4.92. The highest BCUT2D eigenvalue weighted by molar-refractivity contribution is 6.09. The molecule has 6 aromatic rings. The highest BCUT2D eigenvalue weighted by Gasteiger charge is 2.24. The van der Waals surface area contributed by atoms with E-state index in [9.17, 15) is 19.5 Å². The fraction of sp³-hybridized carbons (Fsp3) is 0.0625. The molecule has 2 N–H and O–H groups in total. The van der Waals surface area contributed by atoms with Gasteiger partial charge in [-0.15, -0.1) is 10.2 Å². The topological polar surface area (TPSA) is 127 Å². The van der Waals surface area contributed by atoms with Gasteiger partial charge in [-0.05, 0) is 72.1 Å². The van der Waals surface area contributed by atoms with Crippen molar-refractivity contribution in [3.05, 3.63) is 131 Å². The normalized spacial score (nSPS) is 11.8. The lowest BCUT2D eigenvalue weighted by atomic mass is 10.0. The van der Waals surface area contributed by atoms with Crippen molar-refractivity contribution in [2.45, 2.75) is 13.0 Å². The zero-order valence-electron chi connectivity index (χ0n) is 21.9. The summed E-state index contributed by atoms with van der Waals surface area (Å²) in [6, 6.07) is 27.7. The molecule has 0 spiro atoms. The van der Waals surface area contributed by atoms with E-state index in [1.807, 2.05) is 36.4 Å². The number of aromatic nitrogens is 4. The molecular formula is C32H23N5O4. The van der Waals surface area contributed by atoms with Crippen LogP contribution in [0, 0.1) is 0 Å². The first kappa shape index (κ1) is 25.6. The Morgan fingerprint density at radius 1 is 0.805 bits per heavy atom. The second-order valence-electron chi connectivity index (χ2n) is 9.57. The molecule has 0 saturated heterocycles. The fourth-order valence-corrected chi connectivity index (χ4v) is 4.75. The van der Waals surface area contributed by atoms with E-state index in [0.29, 0.717) is 11.2 Å². The lowest BCUT2D eigenvalue weighted by Crippen LogP contribution is -2.29. The first-order valence-corrected chi connectivity index (χ1v) is 12.9. The van der Waals surface area contributed by atoms with Gasteiger partial charge in [0.1, 0.15) is 5.69 Å². The quantitative estimate of drug-likeness (QED) is 0.260. The number of hydrogen-bond donors (Lipinski definition) is 2. The number of benzene rings is 3. The number of carbonyl (C=O) groups is 3. The smallest absolute Gasteiger partial charge is 0.335 e. The van der Waals surface area contributed by atoms with Gasteiger partial charge in [-0.2, -0.15) is 0 Å². The average molecular weight is 542 g/mol. The van der Waals surface area contributed by atoms with Crippen molar-refractivity contribution < 1.29 is 19.5 Å². The lowest BCUT2D eigenvalue weighted by Gasteiger charge is -2.16. The number of fused-ring (bicyclic) bond motifs is 2. The van der Waals surface area contributed by atoms with Gasteiger partial charge in [0.05, 0.1) is 17.1 Å². The van der Waals surface area contributed by atoms with Crippen LogP contribution in [-0.4, -0.2) is 42.3 Å². The minimum atomic E-state index is -1.03. The van der Waals surface area contributed by atoms with Crippen LogP contribution in [0.5, 0.6) is 0 Å². The van der Waals surface area contributed by atoms with E-state index in [1.165, 1.54) is 16.5 Å². The van der Waals surface area contributed by atoms with Gasteiger partial charge in [-0.1, -0.05) is 48.5 Å². The summed E-state index contributed by atoms with van der Waals surface area (Å²) >= 11 is 0. The Balaban J connectivity index is 1.42. The molecule has 9 heteroatoms. The molecule has 0 aliphatic rings. The number of aromatic carboxylic acids is 1. The van der Waals surface area contributed by atoms with E-state index >= 15 is 0 Å². The standard InChI is InChI=1S/C32H23N5O4/c1-19(20-9-11-22(12-10-20)32(40)41)34-31(39)27-17-25(21-6-3-2-4-7-21)18-28-35-36-30(37(27)28)29(38)24-13-14-26-23(16-24)8-5-15-33-26/h2-19H,1H3,(H,34,39)(H,40,41)/t19-/m0/s1. The summed E-state index contributed by atoms with van der Waals surface area (Å²) in [5, 5.41) is 21.4. The number of hydrogen-bond acceptors (Lipinski definition) is 6. The lowest BCUT2D eigenvalue weighted by molar-refractivity contribution is 0.0696. The van der Waals surface area contributed by atoms with Crippen molar-refractivity contribution in [2.75, 3.05) is 0 Å². The summed E-state index contributed by atoms with van der Waals surface area (Å²) < 4.78 is 1.47. The van der Waals surface area contributed by atoms with Crippen LogP contribution in [0.2, 0.25) is 0 Å². The molecule has 0 fully saturated rings. The van der Waals surface area contributed by atoms with Crippen molar-refractivity contribution in [2.24, 2.45) is 0 Å². The van der Waals surface area contributed by atoms with Crippen LogP contribution < -0.4 is 5.32 Å². The van der Waals surface area contributed by atoms with Gasteiger partial charge in [-0.25, -0.2) is 4.79 Å². The molecule has 0 radical (unpaired) electrons. The van der Waals surface area contributed by atoms with Gasteiger partial charge < -0.3 is 10.4 Å². The fourth-order valence-electron chi connectivity index (χ4n) is 4.75. The predicted octanol–water partition coefficient (Wildman–Crippen LogP) is 5.36. The van der Waals surface area contributed by atoms with Gasteiger partial charge >= 0.3 is 5.97 Å². The molecule has 6 rings (SSSR count). The van der Waals surface area contributed by atoms with Crippen molar-refractivity contribution in [3.63, 3.8) is 0 Å². The van der Waals surface area contributed by atoms with Crippen LogP contribution in [0.15, 0.2) is 103 Å². The molecular weight excluding hydrogens is 518 g/mol. The average Bonchev–Trinajstić information content (AvgIpc) is 3.44. The zero-order valence-corrected chi connectivity index (χ0v) is 21.9. The monoisotopic (exact) mass is 541 g/mol. The second-order valence-corrected chi connectivity index (χ2v) is 9.57. The number of carboxylic acid groups (broad SMARTS) is 1. The molecule has 3 heterocycles. The Morgan fingerprint density at radius 3 is 2.32 bits per heavy atom. The molecule has 1 amide bonds. The zero-order chi connectivity index (χ0) is 28.5. The molecule has 41 heavy (non-hydrogen) atoms. The van der Waals surface area contributed by atoms with Gasteiger partial charge in [0.2, 0.25) is 11.6 Å². The summed E-state index contributed by atoms with van der Waals surface area (Å²) in [4.78, 5) is 43.0. The summed E-state index contributed by atoms with van der Waals surface area (Å²) in [7, 11) is 0. The summed E-state index contributed by atoms with van der Waals surface area (Å²) in [6.45, 7) is 1.80. The SMILES string of the molecule is C[C@H](NC(=O)c1cc(-c2ccccc2)cc2nnc(C(=O)c3ccc4ncccc4c3)n12)c1ccc(C(=O)O)cc1. The molecule has 3 aromatic heterocycles. The highest BCUT2D eigenvalue weighted by atomic mass is 16.4. The molecule has 0 bridgehead atoms. The van der Waals surface area contributed by atoms with Crippen molar-refractivity contribution in [1.29, 1.82) is 0 Å². The number of pyridine rings is 2. The van der Waals surface area contributed by atoms with Crippen molar-refractivity contribution >= 4 is 34.2 Å². The molecule has 9 nitrogen and oxygen atoms in total. The highest BCUT2D eigenvalue weighted by Crippen LogP contribution is 2.25. The third-order valence-electron chi connectivity index (χ3n) is 6.92. The largest absolute Gasteiger partial charge is 0.478 e. The summed E-state index contributed by atoms with van der Waals surface area (Å²) in [5.74, 6) is -1.85. The summed E-state index contributed by atoms with van der Waals surface area (Å²) in [6.07, 6.45) is 1.69. The predicted molar refractivity (Wildman–Crippen MR) is 153 cm³/mol. The van der Waals surface area contributed by atoms with Crippen LogP contribution in [-0.2, 0) is 0 Å². The summed E-state index contributed by atoms with van der Waals surface area (Å²) in [5.41, 5.74) is 4.18. The molecule has 0 aliphatic carbocycles. The van der Waals surface area contributed by atoms with Crippen molar-refractivity contribution in [1.82, 2.24) is 24.9 Å². The minimum absolute atomic E-state index is 0.00599. The van der Waals surface area contributed by atoms with E-state index in [2.05, 4.69) is 20.5 Å². The number of carboxylic acids is 1. The van der Waals surface area contributed by atoms with E-state index < -0.39 is 17.9 Å². The number of rotatable bonds is 7. The molecule has 0 aliphatic heterocycles. The Labute approximate surface area is 234 Å². The molecule has 200 valence electrons. The molecule has 0 unspecified atom stereocenters. The number of nitrogens with one attached hydrogen (secondary N) is 1. The molecule has 3 aromatic carbocycles. The molecule has 0 saturated carbocycles. The van der Waals surface area contributed by atoms with Crippen LogP contribution in [0.3, 0.4) is 0 Å². The number of ketones is 1. The molecule has 1 atom stereocenters. The van der Waals surface area contributed by atoms with E-state index in [0.717, 1.165) is 27.6 Å². The Morgan fingerprint density at radius 2 is 1.56 bits per heavy atom. The van der Waals surface area contributed by atoms with E-state index in [-0.39, 0.29) is 22.9 Å². The van der Waals surface area contributed by atoms with Crippen LogP contribution in [0.1, 0.15) is 55.6 Å². The van der Waals surface area contributed by atoms with Gasteiger partial charge in [0.15, 0.2) is 5.65 Å². The maximum Gasteiger partial charge on any atom is 0.335 e. The minimum Gasteiger partial charge on any atom is -0.478 e. The Bertz CT molecular complexity index is 1950. The second kappa shape index (κ2) is 10.5. The Hall–Kier alpha value is -5.70. The first-order chi connectivity index (χ1) is 19.9. The van der Waals surface area contributed by atoms with Crippen LogP contribution >= 0.6 is 0 Å². The number of amides is 1. The Kier molecular flexibility index (Phi) is 6.52. The van der Waals surface area contributed by atoms with Crippen molar-refractivity contribution in [3.8, 4) is 11.1 Å². The van der Waals surface area contributed by atoms with E-state index in [1.54, 1.807) is 61.7 Å². The maximum atomic E-state index is 13.8. The van der Waals surface area contributed by atoms with Crippen LogP contribution in [0.4, 0.5) is 0 Å². The maximum absolute atomic E-state index is 13.8. The van der Waals surface area contributed by atoms with Gasteiger partial charge in [0.25, 0.3) is 5.91 Å². The van der Waals surface area contributed by atoms with Gasteiger partial charge in [-0.3, -0.25) is 19.0 Å². The number of nitrogens with zero attached hydrogens (tertiary/aromatic N) is 4. The third-order valence-corrected chi connectivity index (χ3v) is 6.92. The van der Waals surface area contributed by atoms with Gasteiger partial charge in [0, 0.05) is 17.1 Å². The number of carbonyl (C=O) groups excluding carboxylic acids is 2. The first-order valence-electron chi connectivity index (χ1n) is 12.9. The van der Waals surface area contributed by atoms with E-state index in [4.69, 9.17) is 0 Å².